The van der Waals surface area contributed by atoms with E-state index in [2.05, 4.69) is 20.8 Å². The van der Waals surface area contributed by atoms with E-state index in [4.69, 9.17) is 16.3 Å². The third-order valence-electron chi connectivity index (χ3n) is 3.69. The predicted octanol–water partition coefficient (Wildman–Crippen LogP) is 4.44. The van der Waals surface area contributed by atoms with Crippen LogP contribution in [0.3, 0.4) is 0 Å². The number of amides is 1. The van der Waals surface area contributed by atoms with E-state index in [1.807, 2.05) is 19.1 Å². The van der Waals surface area contributed by atoms with Gasteiger partial charge in [0, 0.05) is 16.7 Å². The first-order valence-corrected chi connectivity index (χ1v) is 8.26. The van der Waals surface area contributed by atoms with Crippen LogP contribution in [0.15, 0.2) is 54.6 Å². The molecule has 1 heterocycles. The van der Waals surface area contributed by atoms with Crippen molar-refractivity contribution in [3.05, 3.63) is 70.7 Å². The molecule has 0 saturated carbocycles. The lowest BCUT2D eigenvalue weighted by Crippen LogP contribution is -2.13. The van der Waals surface area contributed by atoms with E-state index in [0.717, 1.165) is 11.3 Å². The van der Waals surface area contributed by atoms with Crippen LogP contribution in [-0.4, -0.2) is 23.2 Å². The zero-order chi connectivity index (χ0) is 18.5. The minimum absolute atomic E-state index is 0.240. The van der Waals surface area contributed by atoms with Gasteiger partial charge in [-0.15, -0.1) is 10.2 Å². The van der Waals surface area contributed by atoms with E-state index in [0.29, 0.717) is 28.0 Å². The molecule has 2 aromatic carbocycles. The fraction of sp³-hybridized carbons (Fsp3) is 0.105. The number of hydrogen-bond donors (Lipinski definition) is 2. The van der Waals surface area contributed by atoms with Gasteiger partial charge in [0.05, 0.1) is 12.8 Å². The smallest absolute Gasteiger partial charge is 0.256 e. The number of rotatable bonds is 5. The third kappa shape index (κ3) is 4.10. The molecule has 0 aliphatic heterocycles. The van der Waals surface area contributed by atoms with Crippen LogP contribution in [0.25, 0.3) is 0 Å². The van der Waals surface area contributed by atoms with Crippen molar-refractivity contribution in [2.45, 2.75) is 6.92 Å². The van der Waals surface area contributed by atoms with Crippen LogP contribution in [0.2, 0.25) is 5.02 Å². The van der Waals surface area contributed by atoms with Crippen molar-refractivity contribution < 1.29 is 9.53 Å². The maximum absolute atomic E-state index is 12.1. The molecule has 0 spiro atoms. The Balaban J connectivity index is 1.72. The van der Waals surface area contributed by atoms with Crippen LogP contribution < -0.4 is 15.4 Å². The number of halogens is 1. The summed E-state index contributed by atoms with van der Waals surface area (Å²) in [5.41, 5.74) is 2.19. The van der Waals surface area contributed by atoms with Crippen LogP contribution >= 0.6 is 11.6 Å². The van der Waals surface area contributed by atoms with Gasteiger partial charge in [0.15, 0.2) is 11.6 Å². The first-order chi connectivity index (χ1) is 12.6. The van der Waals surface area contributed by atoms with Gasteiger partial charge in [-0.2, -0.15) is 0 Å². The molecule has 0 radical (unpaired) electrons. The fourth-order valence-corrected chi connectivity index (χ4v) is 2.47. The van der Waals surface area contributed by atoms with Crippen LogP contribution in [-0.2, 0) is 0 Å². The van der Waals surface area contributed by atoms with Gasteiger partial charge < -0.3 is 15.4 Å². The predicted molar refractivity (Wildman–Crippen MR) is 102 cm³/mol. The van der Waals surface area contributed by atoms with Crippen molar-refractivity contribution in [1.29, 1.82) is 0 Å². The summed E-state index contributed by atoms with van der Waals surface area (Å²) in [7, 11) is 1.57. The van der Waals surface area contributed by atoms with Gasteiger partial charge >= 0.3 is 0 Å². The standard InChI is InChI=1S/C19H17ClN4O2/c1-12-10-15(16(26-2)11-14(12)20)21-17-8-9-18(24-23-17)22-19(25)13-6-4-3-5-7-13/h3-11H,1-2H3,(H,21,23)(H,22,24,25). The fourth-order valence-electron chi connectivity index (χ4n) is 2.31. The molecule has 26 heavy (non-hydrogen) atoms. The summed E-state index contributed by atoms with van der Waals surface area (Å²) in [5, 5.41) is 14.6. The molecule has 1 aromatic heterocycles. The molecular weight excluding hydrogens is 352 g/mol. The molecule has 132 valence electrons. The molecule has 0 fully saturated rings. The van der Waals surface area contributed by atoms with Gasteiger partial charge in [-0.3, -0.25) is 4.79 Å². The summed E-state index contributed by atoms with van der Waals surface area (Å²) in [6, 6.07) is 15.9. The summed E-state index contributed by atoms with van der Waals surface area (Å²) in [4.78, 5) is 12.1. The molecule has 3 aromatic rings. The summed E-state index contributed by atoms with van der Waals surface area (Å²) in [6.07, 6.45) is 0. The zero-order valence-electron chi connectivity index (χ0n) is 14.3. The van der Waals surface area contributed by atoms with Gasteiger partial charge in [0.25, 0.3) is 5.91 Å². The Bertz CT molecular complexity index is 915. The lowest BCUT2D eigenvalue weighted by Gasteiger charge is -2.12. The van der Waals surface area contributed by atoms with Crippen LogP contribution in [0.5, 0.6) is 5.75 Å². The van der Waals surface area contributed by atoms with Crippen LogP contribution in [0.1, 0.15) is 15.9 Å². The summed E-state index contributed by atoms with van der Waals surface area (Å²) in [6.45, 7) is 1.90. The van der Waals surface area contributed by atoms with Gasteiger partial charge in [-0.25, -0.2) is 0 Å². The van der Waals surface area contributed by atoms with Gasteiger partial charge in [0.1, 0.15) is 5.75 Å². The Kier molecular flexibility index (Phi) is 5.34. The second-order valence-electron chi connectivity index (χ2n) is 5.55. The number of aromatic nitrogens is 2. The molecule has 3 rings (SSSR count). The molecule has 0 aliphatic carbocycles. The van der Waals surface area contributed by atoms with Crippen LogP contribution in [0, 0.1) is 6.92 Å². The molecule has 7 heteroatoms. The number of nitrogens with zero attached hydrogens (tertiary/aromatic N) is 2. The molecule has 1 amide bonds. The topological polar surface area (TPSA) is 76.1 Å². The SMILES string of the molecule is COc1cc(Cl)c(C)cc1Nc1ccc(NC(=O)c2ccccc2)nn1. The quantitative estimate of drug-likeness (QED) is 0.696. The van der Waals surface area contributed by atoms with E-state index in [9.17, 15) is 4.79 Å². The molecule has 0 unspecified atom stereocenters. The van der Waals surface area contributed by atoms with Crippen LogP contribution in [0.4, 0.5) is 17.3 Å². The first-order valence-electron chi connectivity index (χ1n) is 7.88. The van der Waals surface area contributed by atoms with Crippen molar-refractivity contribution in [3.8, 4) is 5.75 Å². The van der Waals surface area contributed by atoms with Gasteiger partial charge in [-0.1, -0.05) is 29.8 Å². The summed E-state index contributed by atoms with van der Waals surface area (Å²) < 4.78 is 5.33. The highest BCUT2D eigenvalue weighted by atomic mass is 35.5. The lowest BCUT2D eigenvalue weighted by molar-refractivity contribution is 0.102. The highest BCUT2D eigenvalue weighted by Crippen LogP contribution is 2.32. The normalized spacial score (nSPS) is 10.3. The average molecular weight is 369 g/mol. The molecule has 6 nitrogen and oxygen atoms in total. The number of ether oxygens (including phenoxy) is 1. The second kappa shape index (κ2) is 7.84. The molecule has 2 N–H and O–H groups in total. The number of aryl methyl sites for hydroxylation is 1. The lowest BCUT2D eigenvalue weighted by atomic mass is 10.2. The number of nitrogens with one attached hydrogen (secondary N) is 2. The average Bonchev–Trinajstić information content (AvgIpc) is 2.66. The molecule has 0 atom stereocenters. The Labute approximate surface area is 156 Å². The highest BCUT2D eigenvalue weighted by Gasteiger charge is 2.10. The largest absolute Gasteiger partial charge is 0.495 e. The monoisotopic (exact) mass is 368 g/mol. The minimum Gasteiger partial charge on any atom is -0.495 e. The van der Waals surface area contributed by atoms with Crippen molar-refractivity contribution in [3.63, 3.8) is 0 Å². The minimum atomic E-state index is -0.240. The second-order valence-corrected chi connectivity index (χ2v) is 5.96. The van der Waals surface area contributed by atoms with Gasteiger partial charge in [0.2, 0.25) is 0 Å². The maximum Gasteiger partial charge on any atom is 0.256 e. The Morgan fingerprint density at radius 3 is 2.38 bits per heavy atom. The third-order valence-corrected chi connectivity index (χ3v) is 4.09. The van der Waals surface area contributed by atoms with E-state index in [1.54, 1.807) is 49.6 Å². The van der Waals surface area contributed by atoms with Crippen molar-refractivity contribution in [2.75, 3.05) is 17.7 Å². The number of anilines is 3. The Hall–Kier alpha value is -3.12. The highest BCUT2D eigenvalue weighted by molar-refractivity contribution is 6.31. The number of carbonyl (C=O) groups excluding carboxylic acids is 1. The molecular formula is C19H17ClN4O2. The first kappa shape index (κ1) is 17.7. The Morgan fingerprint density at radius 2 is 1.73 bits per heavy atom. The summed E-state index contributed by atoms with van der Waals surface area (Å²) in [5.74, 6) is 1.24. The number of carbonyl (C=O) groups is 1. The molecule has 0 saturated heterocycles. The van der Waals surface area contributed by atoms with E-state index >= 15 is 0 Å². The molecule has 0 bridgehead atoms. The number of hydrogen-bond acceptors (Lipinski definition) is 5. The van der Waals surface area contributed by atoms with Gasteiger partial charge in [-0.05, 0) is 42.8 Å². The number of benzene rings is 2. The maximum atomic E-state index is 12.1. The van der Waals surface area contributed by atoms with Crippen molar-refractivity contribution in [2.24, 2.45) is 0 Å². The van der Waals surface area contributed by atoms with E-state index in [-0.39, 0.29) is 5.91 Å². The van der Waals surface area contributed by atoms with Crippen molar-refractivity contribution in [1.82, 2.24) is 10.2 Å². The van der Waals surface area contributed by atoms with Crippen molar-refractivity contribution >= 4 is 34.8 Å². The Morgan fingerprint density at radius 1 is 1.04 bits per heavy atom. The summed E-state index contributed by atoms with van der Waals surface area (Å²) >= 11 is 6.11. The molecule has 0 aliphatic rings. The number of methoxy groups -OCH3 is 1. The zero-order valence-corrected chi connectivity index (χ0v) is 15.0. The van der Waals surface area contributed by atoms with E-state index < -0.39 is 0 Å². The van der Waals surface area contributed by atoms with E-state index in [1.165, 1.54) is 0 Å².